The summed E-state index contributed by atoms with van der Waals surface area (Å²) in [5, 5.41) is 0. The van der Waals surface area contributed by atoms with Gasteiger partial charge in [-0.05, 0) is 30.0 Å². The van der Waals surface area contributed by atoms with E-state index in [1.54, 1.807) is 14.2 Å². The molecule has 0 spiro atoms. The fourth-order valence-corrected chi connectivity index (χ4v) is 2.94. The first-order valence-electron chi connectivity index (χ1n) is 7.75. The van der Waals surface area contributed by atoms with Crippen LogP contribution in [0.3, 0.4) is 0 Å². The van der Waals surface area contributed by atoms with Crippen LogP contribution in [0.4, 0.5) is 0 Å². The Balaban J connectivity index is 2.29. The number of hydrogen-bond donors (Lipinski definition) is 1. The molecule has 1 saturated heterocycles. The first-order valence-corrected chi connectivity index (χ1v) is 7.75. The molecule has 0 aliphatic carbocycles. The Kier molecular flexibility index (Phi) is 5.29. The second-order valence-electron chi connectivity index (χ2n) is 6.20. The van der Waals surface area contributed by atoms with E-state index in [1.165, 1.54) is 0 Å². The van der Waals surface area contributed by atoms with E-state index in [2.05, 4.69) is 13.8 Å². The van der Waals surface area contributed by atoms with Crippen molar-refractivity contribution in [3.63, 3.8) is 0 Å². The van der Waals surface area contributed by atoms with E-state index in [0.717, 1.165) is 18.5 Å². The van der Waals surface area contributed by atoms with Gasteiger partial charge < -0.3 is 20.1 Å². The van der Waals surface area contributed by atoms with Crippen molar-refractivity contribution in [1.82, 2.24) is 4.90 Å². The molecule has 1 heterocycles. The number of amides is 1. The summed E-state index contributed by atoms with van der Waals surface area (Å²) in [6.45, 7) is 5.06. The third-order valence-corrected chi connectivity index (χ3v) is 4.17. The summed E-state index contributed by atoms with van der Waals surface area (Å²) in [5.41, 5.74) is 7.23. The van der Waals surface area contributed by atoms with Crippen molar-refractivity contribution in [2.24, 2.45) is 11.7 Å². The van der Waals surface area contributed by atoms with Gasteiger partial charge in [-0.25, -0.2) is 0 Å². The van der Waals surface area contributed by atoms with E-state index >= 15 is 0 Å². The highest BCUT2D eigenvalue weighted by Crippen LogP contribution is 2.37. The standard InChI is InChI=1S/C17H26N2O3/c1-11(2)7-8-19-16(20)10-13(18)17(19)12-5-6-14(21-3)15(9-12)22-4/h5-6,9,11,13,17H,7-8,10,18H2,1-4H3. The van der Waals surface area contributed by atoms with Crippen LogP contribution in [0.2, 0.25) is 0 Å². The minimum Gasteiger partial charge on any atom is -0.493 e. The normalized spacial score (nSPS) is 21.5. The quantitative estimate of drug-likeness (QED) is 0.876. The Labute approximate surface area is 132 Å². The highest BCUT2D eigenvalue weighted by molar-refractivity contribution is 5.80. The van der Waals surface area contributed by atoms with Gasteiger partial charge in [-0.15, -0.1) is 0 Å². The fraction of sp³-hybridized carbons (Fsp3) is 0.588. The molecule has 1 aromatic rings. The van der Waals surface area contributed by atoms with Crippen molar-refractivity contribution in [2.75, 3.05) is 20.8 Å². The molecule has 5 nitrogen and oxygen atoms in total. The third kappa shape index (κ3) is 3.35. The molecule has 2 rings (SSSR count). The van der Waals surface area contributed by atoms with E-state index in [-0.39, 0.29) is 18.0 Å². The van der Waals surface area contributed by atoms with Crippen molar-refractivity contribution < 1.29 is 14.3 Å². The van der Waals surface area contributed by atoms with Crippen molar-refractivity contribution in [2.45, 2.75) is 38.8 Å². The largest absolute Gasteiger partial charge is 0.493 e. The maximum absolute atomic E-state index is 12.2. The molecule has 2 unspecified atom stereocenters. The third-order valence-electron chi connectivity index (χ3n) is 4.17. The second-order valence-corrected chi connectivity index (χ2v) is 6.20. The predicted molar refractivity (Wildman–Crippen MR) is 86.0 cm³/mol. The molecule has 122 valence electrons. The average Bonchev–Trinajstić information content (AvgIpc) is 2.78. The lowest BCUT2D eigenvalue weighted by molar-refractivity contribution is -0.129. The summed E-state index contributed by atoms with van der Waals surface area (Å²) >= 11 is 0. The zero-order valence-electron chi connectivity index (χ0n) is 13.8. The van der Waals surface area contributed by atoms with E-state index in [0.29, 0.717) is 23.8 Å². The highest BCUT2D eigenvalue weighted by Gasteiger charge is 2.38. The van der Waals surface area contributed by atoms with Crippen LogP contribution in [0.15, 0.2) is 18.2 Å². The van der Waals surface area contributed by atoms with Gasteiger partial charge in [0.2, 0.25) is 5.91 Å². The number of nitrogens with two attached hydrogens (primary N) is 1. The van der Waals surface area contributed by atoms with Gasteiger partial charge in [0.15, 0.2) is 11.5 Å². The van der Waals surface area contributed by atoms with Crippen LogP contribution >= 0.6 is 0 Å². The first-order chi connectivity index (χ1) is 10.5. The molecule has 1 aliphatic heterocycles. The minimum atomic E-state index is -0.183. The molecule has 0 saturated carbocycles. The Morgan fingerprint density at radius 2 is 1.95 bits per heavy atom. The fourth-order valence-electron chi connectivity index (χ4n) is 2.94. The van der Waals surface area contributed by atoms with E-state index < -0.39 is 0 Å². The summed E-state index contributed by atoms with van der Waals surface area (Å²) < 4.78 is 10.6. The summed E-state index contributed by atoms with van der Waals surface area (Å²) in [5.74, 6) is 2.02. The van der Waals surface area contributed by atoms with Gasteiger partial charge in [0.1, 0.15) is 0 Å². The Bertz CT molecular complexity index is 531. The van der Waals surface area contributed by atoms with Gasteiger partial charge in [-0.3, -0.25) is 4.79 Å². The van der Waals surface area contributed by atoms with E-state index in [4.69, 9.17) is 15.2 Å². The zero-order chi connectivity index (χ0) is 16.3. The molecule has 2 N–H and O–H groups in total. The summed E-state index contributed by atoms with van der Waals surface area (Å²) in [6, 6.07) is 5.48. The topological polar surface area (TPSA) is 64.8 Å². The minimum absolute atomic E-state index is 0.0916. The van der Waals surface area contributed by atoms with Crippen molar-refractivity contribution in [3.8, 4) is 11.5 Å². The monoisotopic (exact) mass is 306 g/mol. The molecular weight excluding hydrogens is 280 g/mol. The molecule has 1 aromatic carbocycles. The smallest absolute Gasteiger partial charge is 0.224 e. The van der Waals surface area contributed by atoms with Crippen LogP contribution in [0.1, 0.15) is 38.3 Å². The van der Waals surface area contributed by atoms with Gasteiger partial charge in [0.05, 0.1) is 20.3 Å². The molecule has 2 atom stereocenters. The molecule has 0 bridgehead atoms. The lowest BCUT2D eigenvalue weighted by Gasteiger charge is -2.28. The van der Waals surface area contributed by atoms with Gasteiger partial charge in [-0.1, -0.05) is 19.9 Å². The number of benzene rings is 1. The molecular formula is C17H26N2O3. The maximum Gasteiger partial charge on any atom is 0.224 e. The maximum atomic E-state index is 12.2. The van der Waals surface area contributed by atoms with Crippen molar-refractivity contribution in [3.05, 3.63) is 23.8 Å². The molecule has 22 heavy (non-hydrogen) atoms. The van der Waals surface area contributed by atoms with Crippen molar-refractivity contribution >= 4 is 5.91 Å². The molecule has 1 fully saturated rings. The summed E-state index contributed by atoms with van der Waals surface area (Å²) in [7, 11) is 3.22. The van der Waals surface area contributed by atoms with Gasteiger partial charge in [0.25, 0.3) is 0 Å². The molecule has 1 aliphatic rings. The number of rotatable bonds is 6. The lowest BCUT2D eigenvalue weighted by Crippen LogP contribution is -2.34. The number of hydrogen-bond acceptors (Lipinski definition) is 4. The van der Waals surface area contributed by atoms with Crippen LogP contribution in [0.25, 0.3) is 0 Å². The average molecular weight is 306 g/mol. The van der Waals surface area contributed by atoms with Gasteiger partial charge in [-0.2, -0.15) is 0 Å². The number of likely N-dealkylation sites (tertiary alicyclic amines) is 1. The van der Waals surface area contributed by atoms with Crippen molar-refractivity contribution in [1.29, 1.82) is 0 Å². The number of nitrogens with zero attached hydrogens (tertiary/aromatic N) is 1. The van der Waals surface area contributed by atoms with Crippen LogP contribution in [-0.4, -0.2) is 37.6 Å². The molecule has 0 aromatic heterocycles. The predicted octanol–water partition coefficient (Wildman–Crippen LogP) is 2.35. The summed E-state index contributed by atoms with van der Waals surface area (Å²) in [4.78, 5) is 14.2. The van der Waals surface area contributed by atoms with Crippen LogP contribution in [0.5, 0.6) is 11.5 Å². The number of carbonyl (C=O) groups is 1. The number of methoxy groups -OCH3 is 2. The van der Waals surface area contributed by atoms with E-state index in [9.17, 15) is 4.79 Å². The Hall–Kier alpha value is -1.75. The van der Waals surface area contributed by atoms with Crippen LogP contribution in [-0.2, 0) is 4.79 Å². The number of carbonyl (C=O) groups excluding carboxylic acids is 1. The zero-order valence-corrected chi connectivity index (χ0v) is 13.8. The molecule has 1 amide bonds. The molecule has 5 heteroatoms. The van der Waals surface area contributed by atoms with Gasteiger partial charge in [0, 0.05) is 19.0 Å². The Morgan fingerprint density at radius 3 is 2.55 bits per heavy atom. The second kappa shape index (κ2) is 7.01. The molecule has 0 radical (unpaired) electrons. The first kappa shape index (κ1) is 16.6. The van der Waals surface area contributed by atoms with E-state index in [1.807, 2.05) is 23.1 Å². The SMILES string of the molecule is COc1ccc(C2C(N)CC(=O)N2CCC(C)C)cc1OC. The number of ether oxygens (including phenoxy) is 2. The van der Waals surface area contributed by atoms with Crippen LogP contribution < -0.4 is 15.2 Å². The Morgan fingerprint density at radius 1 is 1.27 bits per heavy atom. The van der Waals surface area contributed by atoms with Crippen LogP contribution in [0, 0.1) is 5.92 Å². The lowest BCUT2D eigenvalue weighted by atomic mass is 9.99. The summed E-state index contributed by atoms with van der Waals surface area (Å²) in [6.07, 6.45) is 1.37. The highest BCUT2D eigenvalue weighted by atomic mass is 16.5. The van der Waals surface area contributed by atoms with Gasteiger partial charge >= 0.3 is 0 Å².